The molecule has 0 aromatic heterocycles. The van der Waals surface area contributed by atoms with Crippen molar-refractivity contribution >= 4 is 6.08 Å². The summed E-state index contributed by atoms with van der Waals surface area (Å²) in [5.74, 6) is 1.21. The quantitative estimate of drug-likeness (QED) is 0.693. The molecule has 2 atom stereocenters. The van der Waals surface area contributed by atoms with Crippen molar-refractivity contribution in [2.75, 3.05) is 0 Å². The van der Waals surface area contributed by atoms with Crippen LogP contribution in [-0.2, 0) is 0 Å². The zero-order chi connectivity index (χ0) is 14.3. The molecule has 1 nitrogen and oxygen atoms in total. The molecule has 1 aromatic carbocycles. The molecule has 0 fully saturated rings. The lowest BCUT2D eigenvalue weighted by Crippen LogP contribution is -2.05. The fourth-order valence-electron chi connectivity index (χ4n) is 1.89. The molecule has 0 amide bonds. The van der Waals surface area contributed by atoms with Crippen LogP contribution in [0.2, 0.25) is 0 Å². The zero-order valence-corrected chi connectivity index (χ0v) is 12.1. The summed E-state index contributed by atoms with van der Waals surface area (Å²) in [5, 5.41) is 9.24. The molecule has 0 heterocycles. The molecule has 0 aliphatic heterocycles. The maximum absolute atomic E-state index is 9.24. The average molecular weight is 256 g/mol. The van der Waals surface area contributed by atoms with E-state index in [0.29, 0.717) is 17.6 Å². The molecular weight excluding hydrogens is 232 g/mol. The van der Waals surface area contributed by atoms with Gasteiger partial charge in [-0.2, -0.15) is 0 Å². The van der Waals surface area contributed by atoms with Crippen molar-refractivity contribution in [1.29, 1.82) is 0 Å². The van der Waals surface area contributed by atoms with Crippen LogP contribution < -0.4 is 0 Å². The van der Waals surface area contributed by atoms with Crippen LogP contribution in [0.5, 0.6) is 5.75 Å². The van der Waals surface area contributed by atoms with Gasteiger partial charge >= 0.3 is 0 Å². The van der Waals surface area contributed by atoms with Gasteiger partial charge in [0, 0.05) is 0 Å². The van der Waals surface area contributed by atoms with Crippen LogP contribution in [0, 0.1) is 11.8 Å². The van der Waals surface area contributed by atoms with Crippen LogP contribution in [0.15, 0.2) is 54.6 Å². The summed E-state index contributed by atoms with van der Waals surface area (Å²) in [6.45, 7) is 10.4. The second-order valence-corrected chi connectivity index (χ2v) is 5.26. The van der Waals surface area contributed by atoms with Gasteiger partial charge in [0.05, 0.1) is 0 Å². The van der Waals surface area contributed by atoms with Gasteiger partial charge in [-0.05, 0) is 49.8 Å². The number of hydrogen-bond acceptors (Lipinski definition) is 1. The minimum absolute atomic E-state index is 0.300. The number of rotatable bonds is 6. The van der Waals surface area contributed by atoms with E-state index in [0.717, 1.165) is 12.0 Å². The van der Waals surface area contributed by atoms with Crippen LogP contribution in [-0.4, -0.2) is 5.11 Å². The smallest absolute Gasteiger partial charge is 0.115 e. The van der Waals surface area contributed by atoms with E-state index in [1.807, 2.05) is 18.2 Å². The Balaban J connectivity index is 2.68. The average Bonchev–Trinajstić information content (AvgIpc) is 2.39. The molecule has 102 valence electrons. The summed E-state index contributed by atoms with van der Waals surface area (Å²) >= 11 is 0. The first-order valence-corrected chi connectivity index (χ1v) is 6.76. The largest absolute Gasteiger partial charge is 0.508 e. The predicted molar refractivity (Wildman–Crippen MR) is 84.0 cm³/mol. The van der Waals surface area contributed by atoms with E-state index in [-0.39, 0.29) is 0 Å². The molecule has 0 saturated heterocycles. The van der Waals surface area contributed by atoms with E-state index in [1.165, 1.54) is 5.57 Å². The summed E-state index contributed by atoms with van der Waals surface area (Å²) in [4.78, 5) is 0. The van der Waals surface area contributed by atoms with Crippen molar-refractivity contribution in [3.05, 3.63) is 60.2 Å². The molecule has 0 radical (unpaired) electrons. The minimum Gasteiger partial charge on any atom is -0.508 e. The first-order valence-electron chi connectivity index (χ1n) is 6.76. The Morgan fingerprint density at radius 2 is 1.89 bits per heavy atom. The highest BCUT2D eigenvalue weighted by atomic mass is 16.3. The third-order valence-electron chi connectivity index (χ3n) is 3.23. The second-order valence-electron chi connectivity index (χ2n) is 5.26. The van der Waals surface area contributed by atoms with Crippen molar-refractivity contribution < 1.29 is 5.11 Å². The highest BCUT2D eigenvalue weighted by Crippen LogP contribution is 2.21. The van der Waals surface area contributed by atoms with Gasteiger partial charge in [0.15, 0.2) is 0 Å². The van der Waals surface area contributed by atoms with Crippen LogP contribution in [0.4, 0.5) is 0 Å². The van der Waals surface area contributed by atoms with Gasteiger partial charge in [0.25, 0.3) is 0 Å². The van der Waals surface area contributed by atoms with Crippen molar-refractivity contribution in [3.63, 3.8) is 0 Å². The van der Waals surface area contributed by atoms with Gasteiger partial charge < -0.3 is 5.11 Å². The number of benzene rings is 1. The van der Waals surface area contributed by atoms with Gasteiger partial charge in [-0.15, -0.1) is 6.58 Å². The summed E-state index contributed by atoms with van der Waals surface area (Å²) < 4.78 is 0. The number of aromatic hydroxyl groups is 1. The summed E-state index contributed by atoms with van der Waals surface area (Å²) in [6, 6.07) is 7.23. The lowest BCUT2D eigenvalue weighted by atomic mass is 9.90. The molecule has 0 aliphatic carbocycles. The standard InChI is InChI=1S/C18H24O/c1-5-17(15(4)7-6-14(2)3)11-8-16-9-12-18(19)13-10-16/h5-6,8-13,15,17,19H,1,7H2,2-4H3/b11-8+. The zero-order valence-electron chi connectivity index (χ0n) is 12.1. The van der Waals surface area contributed by atoms with Gasteiger partial charge in [0.1, 0.15) is 5.75 Å². The summed E-state index contributed by atoms with van der Waals surface area (Å²) in [5.41, 5.74) is 2.45. The highest BCUT2D eigenvalue weighted by molar-refractivity contribution is 5.51. The van der Waals surface area contributed by atoms with Gasteiger partial charge in [-0.3, -0.25) is 0 Å². The lowest BCUT2D eigenvalue weighted by Gasteiger charge is -2.15. The third kappa shape index (κ3) is 5.60. The van der Waals surface area contributed by atoms with Crippen LogP contribution in [0.1, 0.15) is 32.8 Å². The highest BCUT2D eigenvalue weighted by Gasteiger charge is 2.09. The summed E-state index contributed by atoms with van der Waals surface area (Å²) in [6.07, 6.45) is 9.61. The molecule has 1 heteroatoms. The SMILES string of the molecule is C=CC(/C=C/c1ccc(O)cc1)C(C)CC=C(C)C. The monoisotopic (exact) mass is 256 g/mol. The molecule has 2 unspecified atom stereocenters. The molecule has 1 N–H and O–H groups in total. The second kappa shape index (κ2) is 7.63. The maximum Gasteiger partial charge on any atom is 0.115 e. The Labute approximate surface area is 117 Å². The third-order valence-corrected chi connectivity index (χ3v) is 3.23. The Hall–Kier alpha value is -1.76. The van der Waals surface area contributed by atoms with E-state index in [4.69, 9.17) is 0 Å². The Bertz CT molecular complexity index is 447. The van der Waals surface area contributed by atoms with Crippen molar-refractivity contribution in [2.45, 2.75) is 27.2 Å². The van der Waals surface area contributed by atoms with Crippen molar-refractivity contribution in [1.82, 2.24) is 0 Å². The van der Waals surface area contributed by atoms with E-state index in [9.17, 15) is 5.11 Å². The maximum atomic E-state index is 9.24. The Kier molecular flexibility index (Phi) is 6.14. The summed E-state index contributed by atoms with van der Waals surface area (Å²) in [7, 11) is 0. The van der Waals surface area contributed by atoms with Crippen LogP contribution in [0.25, 0.3) is 6.08 Å². The van der Waals surface area contributed by atoms with E-state index in [2.05, 4.69) is 45.6 Å². The van der Waals surface area contributed by atoms with Gasteiger partial charge in [-0.1, -0.05) is 48.9 Å². The molecule has 1 aromatic rings. The first kappa shape index (κ1) is 15.3. The topological polar surface area (TPSA) is 20.2 Å². The first-order chi connectivity index (χ1) is 9.02. The molecule has 0 bridgehead atoms. The van der Waals surface area contributed by atoms with Crippen molar-refractivity contribution in [2.24, 2.45) is 11.8 Å². The Morgan fingerprint density at radius 1 is 1.26 bits per heavy atom. The van der Waals surface area contributed by atoms with Gasteiger partial charge in [-0.25, -0.2) is 0 Å². The molecule has 1 rings (SSSR count). The fraction of sp³-hybridized carbons (Fsp3) is 0.333. The van der Waals surface area contributed by atoms with Crippen molar-refractivity contribution in [3.8, 4) is 5.75 Å². The minimum atomic E-state index is 0.300. The van der Waals surface area contributed by atoms with E-state index < -0.39 is 0 Å². The number of phenols is 1. The van der Waals surface area contributed by atoms with Gasteiger partial charge in [0.2, 0.25) is 0 Å². The number of allylic oxidation sites excluding steroid dienone is 4. The van der Waals surface area contributed by atoms with E-state index >= 15 is 0 Å². The van der Waals surface area contributed by atoms with Crippen LogP contribution >= 0.6 is 0 Å². The Morgan fingerprint density at radius 3 is 2.42 bits per heavy atom. The van der Waals surface area contributed by atoms with Crippen LogP contribution in [0.3, 0.4) is 0 Å². The predicted octanol–water partition coefficient (Wildman–Crippen LogP) is 5.20. The normalized spacial score (nSPS) is 14.1. The molecule has 0 saturated carbocycles. The van der Waals surface area contributed by atoms with E-state index in [1.54, 1.807) is 12.1 Å². The number of phenolic OH excluding ortho intramolecular Hbond substituents is 1. The lowest BCUT2D eigenvalue weighted by molar-refractivity contribution is 0.475. The molecule has 19 heavy (non-hydrogen) atoms. The molecule has 0 aliphatic rings. The number of hydrogen-bond donors (Lipinski definition) is 1. The fourth-order valence-corrected chi connectivity index (χ4v) is 1.89. The molecule has 0 spiro atoms. The molecular formula is C18H24O.